The Morgan fingerprint density at radius 2 is 1.64 bits per heavy atom. The highest BCUT2D eigenvalue weighted by molar-refractivity contribution is 7.16. The fraction of sp³-hybridized carbons (Fsp3) is 0.613. The Morgan fingerprint density at radius 3 is 2.24 bits per heavy atom. The van der Waals surface area contributed by atoms with E-state index in [1.165, 1.54) is 11.3 Å². The van der Waals surface area contributed by atoms with Gasteiger partial charge in [-0.05, 0) is 63.9 Å². The molecule has 1 unspecified atom stereocenters. The lowest BCUT2D eigenvalue weighted by molar-refractivity contribution is -0.870. The molecule has 2 rings (SSSR count). The van der Waals surface area contributed by atoms with Crippen LogP contribution in [0.2, 0.25) is 0 Å². The lowest BCUT2D eigenvalue weighted by Crippen LogP contribution is -2.38. The molecule has 2 aromatic rings. The second kappa shape index (κ2) is 17.9. The molecule has 0 N–H and O–H groups in total. The molecule has 0 aliphatic heterocycles. The molecule has 0 aliphatic rings. The number of hydrogen-bond donors (Lipinski definition) is 0. The van der Waals surface area contributed by atoms with Crippen LogP contribution in [0.3, 0.4) is 0 Å². The summed E-state index contributed by atoms with van der Waals surface area (Å²) < 4.78 is 24.3. The molecule has 1 aromatic heterocycles. The number of anilines is 1. The van der Waals surface area contributed by atoms with Crippen molar-refractivity contribution in [2.45, 2.75) is 46.8 Å². The van der Waals surface area contributed by atoms with E-state index in [0.29, 0.717) is 72.9 Å². The average Bonchev–Trinajstić information content (AvgIpc) is 3.25. The number of likely N-dealkylation sites (N-methyl/N-ethyl adjacent to an activating group) is 2. The Labute approximate surface area is 255 Å². The van der Waals surface area contributed by atoms with E-state index in [-0.39, 0.29) is 12.2 Å². The molecule has 0 saturated carbocycles. The third-order valence-electron chi connectivity index (χ3n) is 6.42. The van der Waals surface area contributed by atoms with Crippen LogP contribution in [0.5, 0.6) is 0 Å². The second-order valence-corrected chi connectivity index (χ2v) is 12.3. The minimum Gasteiger partial charge on any atom is -0.377 e. The van der Waals surface area contributed by atoms with Gasteiger partial charge in [0.2, 0.25) is 0 Å². The number of hydrogen-bond acceptors (Lipinski definition) is 10. The number of ether oxygens (including phenoxy) is 4. The van der Waals surface area contributed by atoms with E-state index >= 15 is 0 Å². The summed E-state index contributed by atoms with van der Waals surface area (Å²) in [7, 11) is 6.44. The van der Waals surface area contributed by atoms with Gasteiger partial charge in [0.1, 0.15) is 23.6 Å². The van der Waals surface area contributed by atoms with Crippen molar-refractivity contribution in [3.8, 4) is 12.1 Å². The van der Waals surface area contributed by atoms with Gasteiger partial charge >= 0.3 is 0 Å². The number of quaternary nitrogens is 1. The van der Waals surface area contributed by atoms with E-state index in [1.54, 1.807) is 6.92 Å². The van der Waals surface area contributed by atoms with Gasteiger partial charge in [0.05, 0.1) is 84.2 Å². The maximum absolute atomic E-state index is 9.48. The zero-order chi connectivity index (χ0) is 31.1. The van der Waals surface area contributed by atoms with Gasteiger partial charge in [0, 0.05) is 18.8 Å². The molecule has 42 heavy (non-hydrogen) atoms. The van der Waals surface area contributed by atoms with Crippen molar-refractivity contribution >= 4 is 27.7 Å². The van der Waals surface area contributed by atoms with Crippen LogP contribution in [-0.2, 0) is 18.9 Å². The number of rotatable bonds is 19. The van der Waals surface area contributed by atoms with Gasteiger partial charge in [-0.1, -0.05) is 0 Å². The molecule has 11 heteroatoms. The van der Waals surface area contributed by atoms with Crippen LogP contribution in [0.1, 0.15) is 42.3 Å². The van der Waals surface area contributed by atoms with Crippen LogP contribution >= 0.6 is 11.3 Å². The highest BCUT2D eigenvalue weighted by atomic mass is 32.1. The first-order chi connectivity index (χ1) is 20.0. The number of azo groups is 1. The Balaban J connectivity index is 1.97. The summed E-state index contributed by atoms with van der Waals surface area (Å²) >= 11 is 1.18. The van der Waals surface area contributed by atoms with Gasteiger partial charge in [-0.3, -0.25) is 0 Å². The van der Waals surface area contributed by atoms with Crippen LogP contribution in [0.4, 0.5) is 16.4 Å². The summed E-state index contributed by atoms with van der Waals surface area (Å²) in [6.07, 6.45) is -0.0201. The third-order valence-corrected chi connectivity index (χ3v) is 7.50. The van der Waals surface area contributed by atoms with E-state index in [1.807, 2.05) is 32.9 Å². The van der Waals surface area contributed by atoms with E-state index < -0.39 is 0 Å². The highest BCUT2D eigenvalue weighted by Crippen LogP contribution is 2.36. The summed E-state index contributed by atoms with van der Waals surface area (Å²) in [6.45, 7) is 15.6. The average molecular weight is 600 g/mol. The van der Waals surface area contributed by atoms with E-state index in [2.05, 4.69) is 61.4 Å². The Morgan fingerprint density at radius 1 is 0.952 bits per heavy atom. The smallest absolute Gasteiger partial charge is 0.158 e. The quantitative estimate of drug-likeness (QED) is 0.112. The zero-order valence-corrected chi connectivity index (χ0v) is 27.3. The summed E-state index contributed by atoms with van der Waals surface area (Å²) in [5, 5.41) is 27.9. The predicted octanol–water partition coefficient (Wildman–Crippen LogP) is 5.90. The van der Waals surface area contributed by atoms with Crippen LogP contribution in [0, 0.1) is 36.5 Å². The molecule has 230 valence electrons. The van der Waals surface area contributed by atoms with Crippen molar-refractivity contribution in [3.05, 3.63) is 39.8 Å². The number of nitrogens with zero attached hydrogens (tertiary/aromatic N) is 6. The SMILES string of the molecule is CCN(CC(COC(C)C)OCCOCCOCC[N+](C)(C)C)c1ccc(N=Nc2sc(C#N)c(C)c2C#N)c(C)c1. The van der Waals surface area contributed by atoms with Gasteiger partial charge in [0.25, 0.3) is 0 Å². The van der Waals surface area contributed by atoms with E-state index in [4.69, 9.17) is 18.9 Å². The summed E-state index contributed by atoms with van der Waals surface area (Å²) in [5.41, 5.74) is 3.75. The summed E-state index contributed by atoms with van der Waals surface area (Å²) in [6, 6.07) is 10.3. The first kappa shape index (κ1) is 35.3. The van der Waals surface area contributed by atoms with Crippen LogP contribution in [0.15, 0.2) is 28.4 Å². The first-order valence-corrected chi connectivity index (χ1v) is 15.2. The Bertz CT molecular complexity index is 1230. The van der Waals surface area contributed by atoms with Crippen molar-refractivity contribution in [2.75, 3.05) is 85.3 Å². The minimum atomic E-state index is -0.128. The number of thiophene rings is 1. The number of benzene rings is 1. The molecule has 0 spiro atoms. The fourth-order valence-corrected chi connectivity index (χ4v) is 4.78. The minimum absolute atomic E-state index is 0.108. The lowest BCUT2D eigenvalue weighted by atomic mass is 10.1. The third kappa shape index (κ3) is 12.1. The fourth-order valence-electron chi connectivity index (χ4n) is 3.91. The molecular formula is C31H47N6O4S+. The number of aryl methyl sites for hydroxylation is 1. The second-order valence-electron chi connectivity index (χ2n) is 11.3. The van der Waals surface area contributed by atoms with Crippen LogP contribution < -0.4 is 4.90 Å². The molecule has 10 nitrogen and oxygen atoms in total. The van der Waals surface area contributed by atoms with E-state index in [0.717, 1.165) is 28.8 Å². The highest BCUT2D eigenvalue weighted by Gasteiger charge is 2.18. The van der Waals surface area contributed by atoms with Crippen molar-refractivity contribution in [2.24, 2.45) is 10.2 Å². The molecule has 1 atom stereocenters. The molecule has 0 saturated heterocycles. The molecule has 0 bridgehead atoms. The predicted molar refractivity (Wildman–Crippen MR) is 167 cm³/mol. The van der Waals surface area contributed by atoms with Crippen molar-refractivity contribution in [3.63, 3.8) is 0 Å². The van der Waals surface area contributed by atoms with Gasteiger partial charge in [-0.25, -0.2) is 0 Å². The van der Waals surface area contributed by atoms with E-state index in [9.17, 15) is 10.5 Å². The Kier molecular flexibility index (Phi) is 15.1. The van der Waals surface area contributed by atoms with Gasteiger partial charge in [-0.15, -0.1) is 21.6 Å². The molecule has 0 amide bonds. The largest absolute Gasteiger partial charge is 0.377 e. The Hall–Kier alpha value is -2.90. The molecular weight excluding hydrogens is 552 g/mol. The van der Waals surface area contributed by atoms with Crippen LogP contribution in [-0.4, -0.2) is 97.1 Å². The normalized spacial score (nSPS) is 12.5. The van der Waals surface area contributed by atoms with Gasteiger partial charge in [-0.2, -0.15) is 10.5 Å². The maximum Gasteiger partial charge on any atom is 0.158 e. The molecule has 1 aromatic carbocycles. The maximum atomic E-state index is 9.48. The van der Waals surface area contributed by atoms with Crippen molar-refractivity contribution < 1.29 is 23.4 Å². The van der Waals surface area contributed by atoms with Crippen LogP contribution in [0.25, 0.3) is 0 Å². The zero-order valence-electron chi connectivity index (χ0n) is 26.5. The van der Waals surface area contributed by atoms with Crippen molar-refractivity contribution in [1.29, 1.82) is 10.5 Å². The molecule has 0 fully saturated rings. The first-order valence-electron chi connectivity index (χ1n) is 14.4. The number of nitriles is 2. The van der Waals surface area contributed by atoms with Gasteiger partial charge in [0.15, 0.2) is 5.00 Å². The summed E-state index contributed by atoms with van der Waals surface area (Å²) in [4.78, 5) is 2.73. The summed E-state index contributed by atoms with van der Waals surface area (Å²) in [5.74, 6) is 0. The molecule has 0 radical (unpaired) electrons. The van der Waals surface area contributed by atoms with Gasteiger partial charge < -0.3 is 28.3 Å². The van der Waals surface area contributed by atoms with Crippen molar-refractivity contribution in [1.82, 2.24) is 0 Å². The molecule has 1 heterocycles. The standard InChI is InChI=1S/C31H47N6O4S/c1-9-36(21-27(22-41-23(2)3)40-17-16-39-15-14-38-13-12-37(6,7)8)26-10-11-29(24(4)18-26)34-35-31-28(19-32)25(5)30(20-33)42-31/h10-11,18,23,27H,9,12-17,21-22H2,1-8H3/q+1. The topological polar surface area (TPSA) is 112 Å². The lowest BCUT2D eigenvalue weighted by Gasteiger charge is -2.29. The molecule has 0 aliphatic carbocycles. The monoisotopic (exact) mass is 599 g/mol.